The van der Waals surface area contributed by atoms with Gasteiger partial charge in [-0.25, -0.2) is 9.69 Å². The minimum absolute atomic E-state index is 0.251. The van der Waals surface area contributed by atoms with Crippen LogP contribution in [0.3, 0.4) is 0 Å². The molecule has 0 radical (unpaired) electrons. The highest BCUT2D eigenvalue weighted by atomic mass is 35.5. The van der Waals surface area contributed by atoms with Gasteiger partial charge >= 0.3 is 5.97 Å². The zero-order valence-electron chi connectivity index (χ0n) is 14.5. The summed E-state index contributed by atoms with van der Waals surface area (Å²) in [6, 6.07) is 11.2. The van der Waals surface area contributed by atoms with Crippen LogP contribution in [0.2, 0.25) is 5.02 Å². The molecule has 144 valence electrons. The van der Waals surface area contributed by atoms with E-state index in [2.05, 4.69) is 0 Å². The lowest BCUT2D eigenvalue weighted by molar-refractivity contribution is -0.139. The summed E-state index contributed by atoms with van der Waals surface area (Å²) in [6.07, 6.45) is 1.56. The van der Waals surface area contributed by atoms with E-state index in [0.717, 1.165) is 16.7 Å². The molecule has 2 aromatic carbocycles. The van der Waals surface area contributed by atoms with Gasteiger partial charge in [0, 0.05) is 5.02 Å². The summed E-state index contributed by atoms with van der Waals surface area (Å²) in [4.78, 5) is 36.9. The minimum atomic E-state index is -1.11. The molecule has 0 atom stereocenters. The van der Waals surface area contributed by atoms with Crippen LogP contribution in [0.4, 0.5) is 10.5 Å². The minimum Gasteiger partial charge on any atom is -0.493 e. The number of anilines is 1. The number of benzene rings is 2. The second kappa shape index (κ2) is 8.37. The monoisotopic (exact) mass is 419 g/mol. The van der Waals surface area contributed by atoms with Crippen LogP contribution in [0.15, 0.2) is 47.4 Å². The van der Waals surface area contributed by atoms with Gasteiger partial charge in [-0.2, -0.15) is 0 Å². The zero-order valence-corrected chi connectivity index (χ0v) is 16.1. The third-order valence-corrected chi connectivity index (χ3v) is 4.84. The molecular weight excluding hydrogens is 406 g/mol. The van der Waals surface area contributed by atoms with Crippen molar-refractivity contribution in [2.45, 2.75) is 0 Å². The summed E-state index contributed by atoms with van der Waals surface area (Å²) in [5.41, 5.74) is 1.03. The predicted molar refractivity (Wildman–Crippen MR) is 106 cm³/mol. The summed E-state index contributed by atoms with van der Waals surface area (Å²) >= 11 is 6.67. The average molecular weight is 420 g/mol. The van der Waals surface area contributed by atoms with Crippen molar-refractivity contribution in [1.29, 1.82) is 0 Å². The lowest BCUT2D eigenvalue weighted by Crippen LogP contribution is -2.27. The number of rotatable bonds is 6. The Morgan fingerprint density at radius 1 is 1.18 bits per heavy atom. The van der Waals surface area contributed by atoms with E-state index in [9.17, 15) is 14.4 Å². The summed E-state index contributed by atoms with van der Waals surface area (Å²) in [7, 11) is 1.42. The van der Waals surface area contributed by atoms with Gasteiger partial charge in [-0.05, 0) is 59.8 Å². The van der Waals surface area contributed by atoms with Crippen LogP contribution in [-0.4, -0.2) is 35.9 Å². The van der Waals surface area contributed by atoms with Gasteiger partial charge in [0.25, 0.3) is 11.1 Å². The van der Waals surface area contributed by atoms with Crippen LogP contribution in [0.25, 0.3) is 6.08 Å². The van der Waals surface area contributed by atoms with Crippen LogP contribution >= 0.6 is 23.4 Å². The maximum Gasteiger partial charge on any atom is 0.341 e. The molecular formula is C19H14ClNO6S. The lowest BCUT2D eigenvalue weighted by atomic mass is 10.2. The molecule has 9 heteroatoms. The summed E-state index contributed by atoms with van der Waals surface area (Å²) in [5.74, 6) is -0.979. The Labute approximate surface area is 169 Å². The maximum atomic E-state index is 12.7. The van der Waals surface area contributed by atoms with Crippen molar-refractivity contribution < 1.29 is 29.0 Å². The molecule has 2 aromatic rings. The molecule has 0 saturated carbocycles. The van der Waals surface area contributed by atoms with Crippen LogP contribution in [0.1, 0.15) is 5.56 Å². The Hall–Kier alpha value is -2.97. The number of nitrogens with zero attached hydrogens (tertiary/aromatic N) is 1. The maximum absolute atomic E-state index is 12.7. The first-order valence-corrected chi connectivity index (χ1v) is 9.14. The molecule has 28 heavy (non-hydrogen) atoms. The van der Waals surface area contributed by atoms with E-state index in [4.69, 9.17) is 26.2 Å². The smallest absolute Gasteiger partial charge is 0.341 e. The Bertz CT molecular complexity index is 973. The zero-order chi connectivity index (χ0) is 20.3. The molecule has 0 bridgehead atoms. The molecule has 1 aliphatic heterocycles. The molecule has 1 N–H and O–H groups in total. The van der Waals surface area contributed by atoms with Crippen LogP contribution in [0, 0.1) is 0 Å². The largest absolute Gasteiger partial charge is 0.493 e. The van der Waals surface area contributed by atoms with Gasteiger partial charge in [0.05, 0.1) is 17.7 Å². The SMILES string of the molecule is COc1cc(/C=C2/SC(=O)N(c3ccc(Cl)cc3)C2=O)ccc1OCC(=O)O. The van der Waals surface area contributed by atoms with E-state index in [0.29, 0.717) is 22.0 Å². The first-order valence-electron chi connectivity index (χ1n) is 7.95. The Balaban J connectivity index is 1.85. The van der Waals surface area contributed by atoms with E-state index >= 15 is 0 Å². The van der Waals surface area contributed by atoms with E-state index < -0.39 is 23.7 Å². The topological polar surface area (TPSA) is 93.1 Å². The number of amides is 2. The quantitative estimate of drug-likeness (QED) is 0.706. The third kappa shape index (κ3) is 4.29. The molecule has 0 aromatic heterocycles. The molecule has 1 fully saturated rings. The molecule has 1 saturated heterocycles. The Morgan fingerprint density at radius 2 is 1.89 bits per heavy atom. The molecule has 0 spiro atoms. The summed E-state index contributed by atoms with van der Waals surface area (Å²) in [5, 5.41) is 8.80. The van der Waals surface area contributed by atoms with Gasteiger partial charge < -0.3 is 14.6 Å². The lowest BCUT2D eigenvalue weighted by Gasteiger charge is -2.12. The van der Waals surface area contributed by atoms with E-state index in [-0.39, 0.29) is 10.7 Å². The number of imide groups is 1. The molecule has 3 rings (SSSR count). The van der Waals surface area contributed by atoms with Crippen molar-refractivity contribution in [1.82, 2.24) is 0 Å². The fourth-order valence-electron chi connectivity index (χ4n) is 2.46. The first kappa shape index (κ1) is 19.8. The van der Waals surface area contributed by atoms with Crippen molar-refractivity contribution in [2.24, 2.45) is 0 Å². The number of hydrogen-bond donors (Lipinski definition) is 1. The second-order valence-corrected chi connectivity index (χ2v) is 7.02. The highest BCUT2D eigenvalue weighted by molar-refractivity contribution is 8.19. The van der Waals surface area contributed by atoms with Gasteiger partial charge in [0.1, 0.15) is 0 Å². The van der Waals surface area contributed by atoms with E-state index in [1.54, 1.807) is 42.5 Å². The van der Waals surface area contributed by atoms with E-state index in [1.165, 1.54) is 13.2 Å². The number of hydrogen-bond acceptors (Lipinski definition) is 6. The first-order chi connectivity index (χ1) is 13.4. The van der Waals surface area contributed by atoms with Gasteiger partial charge in [0.15, 0.2) is 18.1 Å². The number of halogens is 1. The highest BCUT2D eigenvalue weighted by Crippen LogP contribution is 2.37. The van der Waals surface area contributed by atoms with Crippen molar-refractivity contribution in [3.05, 3.63) is 58.0 Å². The normalized spacial score (nSPS) is 15.2. The van der Waals surface area contributed by atoms with Gasteiger partial charge in [-0.3, -0.25) is 9.59 Å². The number of thioether (sulfide) groups is 1. The number of carboxylic acids is 1. The van der Waals surface area contributed by atoms with Crippen molar-refractivity contribution in [2.75, 3.05) is 18.6 Å². The van der Waals surface area contributed by atoms with Gasteiger partial charge in [-0.15, -0.1) is 0 Å². The van der Waals surface area contributed by atoms with Crippen LogP contribution < -0.4 is 14.4 Å². The Morgan fingerprint density at radius 3 is 2.54 bits per heavy atom. The number of ether oxygens (including phenoxy) is 2. The Kier molecular flexibility index (Phi) is 5.91. The third-order valence-electron chi connectivity index (χ3n) is 3.72. The van der Waals surface area contributed by atoms with Gasteiger partial charge in [0.2, 0.25) is 0 Å². The summed E-state index contributed by atoms with van der Waals surface area (Å²) in [6.45, 7) is -0.504. The average Bonchev–Trinajstić information content (AvgIpc) is 2.94. The fourth-order valence-corrected chi connectivity index (χ4v) is 3.43. The second-order valence-electron chi connectivity index (χ2n) is 5.59. The molecule has 7 nitrogen and oxygen atoms in total. The van der Waals surface area contributed by atoms with E-state index in [1.807, 2.05) is 0 Å². The van der Waals surface area contributed by atoms with Crippen molar-refractivity contribution >= 4 is 52.2 Å². The van der Waals surface area contributed by atoms with Gasteiger partial charge in [-0.1, -0.05) is 17.7 Å². The fraction of sp³-hybridized carbons (Fsp3) is 0.105. The number of carbonyl (C=O) groups is 3. The van der Waals surface area contributed by atoms with Crippen LogP contribution in [-0.2, 0) is 9.59 Å². The standard InChI is InChI=1S/C19H14ClNO6S/c1-26-15-8-11(2-7-14(15)27-10-17(22)23)9-16-18(24)21(19(25)28-16)13-5-3-12(20)4-6-13/h2-9H,10H2,1H3,(H,22,23)/b16-9+. The van der Waals surface area contributed by atoms with Crippen molar-refractivity contribution in [3.8, 4) is 11.5 Å². The molecule has 1 aliphatic rings. The number of methoxy groups -OCH3 is 1. The summed E-state index contributed by atoms with van der Waals surface area (Å²) < 4.78 is 10.4. The molecule has 0 unspecified atom stereocenters. The number of aliphatic carboxylic acids is 1. The molecule has 1 heterocycles. The number of carboxylic acid groups (broad SMARTS) is 1. The van der Waals surface area contributed by atoms with Crippen LogP contribution in [0.5, 0.6) is 11.5 Å². The molecule has 0 aliphatic carbocycles. The predicted octanol–water partition coefficient (Wildman–Crippen LogP) is 4.05. The highest BCUT2D eigenvalue weighted by Gasteiger charge is 2.36. The number of carbonyl (C=O) groups excluding carboxylic acids is 2. The molecule has 2 amide bonds. The van der Waals surface area contributed by atoms with Crippen molar-refractivity contribution in [3.63, 3.8) is 0 Å².